The summed E-state index contributed by atoms with van der Waals surface area (Å²) in [6.07, 6.45) is 0.962. The van der Waals surface area contributed by atoms with E-state index in [1.807, 2.05) is 4.68 Å². The zero-order valence-corrected chi connectivity index (χ0v) is 10.6. The lowest BCUT2D eigenvalue weighted by Gasteiger charge is -1.98. The van der Waals surface area contributed by atoms with Gasteiger partial charge in [-0.05, 0) is 12.5 Å². The zero-order chi connectivity index (χ0) is 12.4. The van der Waals surface area contributed by atoms with E-state index >= 15 is 0 Å². The Morgan fingerprint density at radius 1 is 1.65 bits per heavy atom. The Kier molecular flexibility index (Phi) is 3.44. The number of aromatic nitrogens is 2. The molecule has 0 saturated carbocycles. The van der Waals surface area contributed by atoms with E-state index in [2.05, 4.69) is 12.0 Å². The van der Waals surface area contributed by atoms with E-state index in [9.17, 15) is 4.79 Å². The Labute approximate surface area is 103 Å². The number of aromatic carboxylic acids is 1. The Morgan fingerprint density at radius 3 is 3.00 bits per heavy atom. The van der Waals surface area contributed by atoms with Crippen molar-refractivity contribution < 1.29 is 14.6 Å². The average molecular weight is 254 g/mol. The number of hydrogen-bond donors (Lipinski definition) is 1. The molecule has 0 unspecified atom stereocenters. The van der Waals surface area contributed by atoms with Gasteiger partial charge < -0.3 is 9.84 Å². The number of carboxylic acid groups (broad SMARTS) is 1. The molecule has 17 heavy (non-hydrogen) atoms. The number of ether oxygens (including phenoxy) is 1. The van der Waals surface area contributed by atoms with Gasteiger partial charge in [0.15, 0.2) is 0 Å². The third kappa shape index (κ3) is 2.18. The van der Waals surface area contributed by atoms with Crippen LogP contribution >= 0.6 is 11.3 Å². The molecule has 2 aromatic rings. The molecule has 0 aromatic carbocycles. The van der Waals surface area contributed by atoms with Crippen molar-refractivity contribution in [1.29, 1.82) is 0 Å². The van der Waals surface area contributed by atoms with Crippen LogP contribution in [-0.4, -0.2) is 28.0 Å². The molecule has 0 spiro atoms. The van der Waals surface area contributed by atoms with Gasteiger partial charge in [-0.1, -0.05) is 6.92 Å². The maximum absolute atomic E-state index is 11.0. The molecule has 2 aromatic heterocycles. The summed E-state index contributed by atoms with van der Waals surface area (Å²) < 4.78 is 6.94. The van der Waals surface area contributed by atoms with Crippen LogP contribution in [0.15, 0.2) is 6.07 Å². The first-order chi connectivity index (χ1) is 8.17. The molecule has 0 aliphatic heterocycles. The van der Waals surface area contributed by atoms with Gasteiger partial charge in [0.05, 0.1) is 12.3 Å². The van der Waals surface area contributed by atoms with E-state index < -0.39 is 5.97 Å². The molecule has 6 heteroatoms. The summed E-state index contributed by atoms with van der Waals surface area (Å²) in [5.74, 6) is -0.891. The number of nitrogens with zero attached hydrogens (tertiary/aromatic N) is 2. The Hall–Kier alpha value is -1.40. The fourth-order valence-corrected chi connectivity index (χ4v) is 2.73. The molecule has 92 valence electrons. The third-order valence-electron chi connectivity index (χ3n) is 2.43. The number of carbonyl (C=O) groups is 1. The molecular formula is C11H14N2O3S. The molecule has 0 amide bonds. The Morgan fingerprint density at radius 2 is 2.41 bits per heavy atom. The van der Waals surface area contributed by atoms with E-state index in [0.29, 0.717) is 11.5 Å². The molecule has 0 aliphatic rings. The van der Waals surface area contributed by atoms with Gasteiger partial charge in [0.1, 0.15) is 9.71 Å². The Balaban J connectivity index is 2.54. The molecule has 5 nitrogen and oxygen atoms in total. The lowest BCUT2D eigenvalue weighted by Crippen LogP contribution is -2.00. The minimum absolute atomic E-state index is 0.347. The number of hydrogen-bond acceptors (Lipinski definition) is 4. The van der Waals surface area contributed by atoms with Crippen LogP contribution < -0.4 is 0 Å². The standard InChI is InChI=1S/C11H14N2O3S/c1-3-4-13-10-7(8(12-13)6-16-2)5-9(17-10)11(14)15/h5H,3-4,6H2,1-2H3,(H,14,15). The predicted octanol–water partition coefficient (Wildman–Crippen LogP) is 2.35. The molecule has 2 heterocycles. The van der Waals surface area contributed by atoms with Gasteiger partial charge in [-0.25, -0.2) is 4.79 Å². The number of carboxylic acids is 1. The van der Waals surface area contributed by atoms with E-state index in [1.165, 1.54) is 11.3 Å². The monoisotopic (exact) mass is 254 g/mol. The van der Waals surface area contributed by atoms with Crippen molar-refractivity contribution in [3.63, 3.8) is 0 Å². The van der Waals surface area contributed by atoms with Gasteiger partial charge in [-0.3, -0.25) is 4.68 Å². The molecule has 0 saturated heterocycles. The lowest BCUT2D eigenvalue weighted by molar-refractivity contribution is 0.0702. The highest BCUT2D eigenvalue weighted by atomic mass is 32.1. The summed E-state index contributed by atoms with van der Waals surface area (Å²) in [5.41, 5.74) is 0.805. The fraction of sp³-hybridized carbons (Fsp3) is 0.455. The molecule has 0 fully saturated rings. The zero-order valence-electron chi connectivity index (χ0n) is 9.77. The fourth-order valence-electron chi connectivity index (χ4n) is 1.74. The average Bonchev–Trinajstić information content (AvgIpc) is 2.82. The second-order valence-electron chi connectivity index (χ2n) is 3.74. The van der Waals surface area contributed by atoms with Crippen LogP contribution in [0.25, 0.3) is 10.2 Å². The van der Waals surface area contributed by atoms with Crippen LogP contribution in [0.4, 0.5) is 0 Å². The van der Waals surface area contributed by atoms with Crippen molar-refractivity contribution in [3.8, 4) is 0 Å². The quantitative estimate of drug-likeness (QED) is 0.889. The first kappa shape index (κ1) is 12.1. The molecular weight excluding hydrogens is 240 g/mol. The van der Waals surface area contributed by atoms with Crippen LogP contribution in [-0.2, 0) is 17.9 Å². The Bertz CT molecular complexity index is 506. The van der Waals surface area contributed by atoms with Crippen molar-refractivity contribution in [1.82, 2.24) is 9.78 Å². The van der Waals surface area contributed by atoms with Crippen molar-refractivity contribution in [3.05, 3.63) is 16.6 Å². The van der Waals surface area contributed by atoms with Crippen molar-refractivity contribution >= 4 is 27.5 Å². The van der Waals surface area contributed by atoms with Crippen molar-refractivity contribution in [2.75, 3.05) is 7.11 Å². The lowest BCUT2D eigenvalue weighted by atomic mass is 10.3. The normalized spacial score (nSPS) is 11.2. The van der Waals surface area contributed by atoms with Gasteiger partial charge in [-0.2, -0.15) is 5.10 Å². The second-order valence-corrected chi connectivity index (χ2v) is 4.77. The van der Waals surface area contributed by atoms with E-state index in [4.69, 9.17) is 9.84 Å². The number of thiophene rings is 1. The van der Waals surface area contributed by atoms with Crippen molar-refractivity contribution in [2.24, 2.45) is 0 Å². The summed E-state index contributed by atoms with van der Waals surface area (Å²) in [7, 11) is 1.61. The number of fused-ring (bicyclic) bond motifs is 1. The second kappa shape index (κ2) is 4.85. The highest BCUT2D eigenvalue weighted by Crippen LogP contribution is 2.29. The van der Waals surface area contributed by atoms with Crippen LogP contribution in [0.2, 0.25) is 0 Å². The predicted molar refractivity (Wildman–Crippen MR) is 65.6 cm³/mol. The molecule has 0 atom stereocenters. The smallest absolute Gasteiger partial charge is 0.345 e. The molecule has 0 bridgehead atoms. The summed E-state index contributed by atoms with van der Waals surface area (Å²) >= 11 is 1.26. The maximum atomic E-state index is 11.0. The van der Waals surface area contributed by atoms with Gasteiger partial charge in [-0.15, -0.1) is 11.3 Å². The summed E-state index contributed by atoms with van der Waals surface area (Å²) in [6.45, 7) is 3.26. The van der Waals surface area contributed by atoms with Crippen LogP contribution in [0.1, 0.15) is 28.7 Å². The highest BCUT2D eigenvalue weighted by molar-refractivity contribution is 7.20. The number of aryl methyl sites for hydroxylation is 1. The van der Waals surface area contributed by atoms with E-state index in [-0.39, 0.29) is 0 Å². The molecule has 1 N–H and O–H groups in total. The molecule has 0 aliphatic carbocycles. The van der Waals surface area contributed by atoms with Gasteiger partial charge >= 0.3 is 5.97 Å². The highest BCUT2D eigenvalue weighted by Gasteiger charge is 2.16. The van der Waals surface area contributed by atoms with Crippen LogP contribution in [0.5, 0.6) is 0 Å². The van der Waals surface area contributed by atoms with Crippen molar-refractivity contribution in [2.45, 2.75) is 26.5 Å². The minimum Gasteiger partial charge on any atom is -0.477 e. The summed E-state index contributed by atoms with van der Waals surface area (Å²) in [4.78, 5) is 12.2. The van der Waals surface area contributed by atoms with E-state index in [0.717, 1.165) is 28.9 Å². The minimum atomic E-state index is -0.891. The van der Waals surface area contributed by atoms with Crippen LogP contribution in [0, 0.1) is 0 Å². The number of rotatable bonds is 5. The van der Waals surface area contributed by atoms with Crippen LogP contribution in [0.3, 0.4) is 0 Å². The van der Waals surface area contributed by atoms with Gasteiger partial charge in [0.25, 0.3) is 0 Å². The first-order valence-corrected chi connectivity index (χ1v) is 6.20. The summed E-state index contributed by atoms with van der Waals surface area (Å²) in [6, 6.07) is 1.68. The molecule has 0 radical (unpaired) electrons. The van der Waals surface area contributed by atoms with Gasteiger partial charge in [0.2, 0.25) is 0 Å². The number of methoxy groups -OCH3 is 1. The largest absolute Gasteiger partial charge is 0.477 e. The maximum Gasteiger partial charge on any atom is 0.345 e. The SMILES string of the molecule is CCCn1nc(COC)c2cc(C(=O)O)sc21. The summed E-state index contributed by atoms with van der Waals surface area (Å²) in [5, 5.41) is 14.3. The molecule has 2 rings (SSSR count). The first-order valence-electron chi connectivity index (χ1n) is 5.38. The topological polar surface area (TPSA) is 64.4 Å². The third-order valence-corrected chi connectivity index (χ3v) is 3.56. The van der Waals surface area contributed by atoms with E-state index in [1.54, 1.807) is 13.2 Å². The van der Waals surface area contributed by atoms with Gasteiger partial charge in [0, 0.05) is 19.0 Å².